The minimum Gasteiger partial charge on any atom is -0.383 e. The molecule has 1 saturated heterocycles. The number of piperidine rings is 1. The first kappa shape index (κ1) is 15.3. The summed E-state index contributed by atoms with van der Waals surface area (Å²) in [5, 5.41) is 3.45. The third-order valence-electron chi connectivity index (χ3n) is 4.24. The molecule has 1 aromatic carbocycles. The zero-order chi connectivity index (χ0) is 14.4. The fourth-order valence-electron chi connectivity index (χ4n) is 3.10. The SMILES string of the molecule is COCCNCc1ccccc1N1CCC(C)CC1C. The van der Waals surface area contributed by atoms with Gasteiger partial charge in [-0.3, -0.25) is 0 Å². The lowest BCUT2D eigenvalue weighted by atomic mass is 9.92. The standard InChI is InChI=1S/C17H28N2O/c1-14-8-10-19(15(2)12-14)17-7-5-4-6-16(17)13-18-9-11-20-3/h4-7,14-15,18H,8-13H2,1-3H3. The summed E-state index contributed by atoms with van der Waals surface area (Å²) in [6.45, 7) is 8.48. The van der Waals surface area contributed by atoms with Gasteiger partial charge in [0.25, 0.3) is 0 Å². The highest BCUT2D eigenvalue weighted by atomic mass is 16.5. The van der Waals surface area contributed by atoms with Gasteiger partial charge in [-0.2, -0.15) is 0 Å². The van der Waals surface area contributed by atoms with Crippen molar-refractivity contribution in [3.63, 3.8) is 0 Å². The second-order valence-corrected chi connectivity index (χ2v) is 5.97. The van der Waals surface area contributed by atoms with Crippen LogP contribution in [0.1, 0.15) is 32.3 Å². The van der Waals surface area contributed by atoms with E-state index >= 15 is 0 Å². The number of hydrogen-bond donors (Lipinski definition) is 1. The topological polar surface area (TPSA) is 24.5 Å². The number of hydrogen-bond acceptors (Lipinski definition) is 3. The van der Waals surface area contributed by atoms with Crippen molar-refractivity contribution in [1.29, 1.82) is 0 Å². The van der Waals surface area contributed by atoms with Crippen LogP contribution in [0.4, 0.5) is 5.69 Å². The first-order chi connectivity index (χ1) is 9.72. The summed E-state index contributed by atoms with van der Waals surface area (Å²) < 4.78 is 5.08. The Hall–Kier alpha value is -1.06. The van der Waals surface area contributed by atoms with Gasteiger partial charge in [-0.25, -0.2) is 0 Å². The quantitative estimate of drug-likeness (QED) is 0.808. The molecule has 20 heavy (non-hydrogen) atoms. The van der Waals surface area contributed by atoms with Gasteiger partial charge >= 0.3 is 0 Å². The van der Waals surface area contributed by atoms with Crippen molar-refractivity contribution in [2.45, 2.75) is 39.3 Å². The number of nitrogens with zero attached hydrogens (tertiary/aromatic N) is 1. The average molecular weight is 276 g/mol. The van der Waals surface area contributed by atoms with Crippen LogP contribution in [0, 0.1) is 5.92 Å². The molecule has 2 unspecified atom stereocenters. The number of rotatable bonds is 6. The molecule has 0 aliphatic carbocycles. The minimum atomic E-state index is 0.638. The second kappa shape index (κ2) is 7.65. The van der Waals surface area contributed by atoms with Crippen molar-refractivity contribution in [3.05, 3.63) is 29.8 Å². The smallest absolute Gasteiger partial charge is 0.0587 e. The lowest BCUT2D eigenvalue weighted by molar-refractivity contribution is 0.199. The Morgan fingerprint density at radius 1 is 1.30 bits per heavy atom. The van der Waals surface area contributed by atoms with Crippen molar-refractivity contribution in [2.24, 2.45) is 5.92 Å². The number of methoxy groups -OCH3 is 1. The lowest BCUT2D eigenvalue weighted by Gasteiger charge is -2.39. The van der Waals surface area contributed by atoms with Gasteiger partial charge in [0.05, 0.1) is 6.61 Å². The molecule has 0 spiro atoms. The molecule has 0 radical (unpaired) electrons. The minimum absolute atomic E-state index is 0.638. The molecule has 0 saturated carbocycles. The maximum absolute atomic E-state index is 5.08. The van der Waals surface area contributed by atoms with Crippen LogP contribution < -0.4 is 10.2 Å². The van der Waals surface area contributed by atoms with Gasteiger partial charge in [0.1, 0.15) is 0 Å². The molecule has 1 aliphatic heterocycles. The Labute approximate surface area is 123 Å². The van der Waals surface area contributed by atoms with Crippen molar-refractivity contribution in [3.8, 4) is 0 Å². The monoisotopic (exact) mass is 276 g/mol. The van der Waals surface area contributed by atoms with Gasteiger partial charge in [-0.05, 0) is 37.3 Å². The van der Waals surface area contributed by atoms with Gasteiger partial charge in [0.15, 0.2) is 0 Å². The third-order valence-corrected chi connectivity index (χ3v) is 4.24. The maximum atomic E-state index is 5.08. The van der Waals surface area contributed by atoms with Gasteiger partial charge in [0.2, 0.25) is 0 Å². The fourth-order valence-corrected chi connectivity index (χ4v) is 3.10. The average Bonchev–Trinajstić information content (AvgIpc) is 2.44. The molecule has 1 aromatic rings. The summed E-state index contributed by atoms with van der Waals surface area (Å²) in [7, 11) is 1.74. The van der Waals surface area contributed by atoms with Crippen molar-refractivity contribution in [1.82, 2.24) is 5.32 Å². The zero-order valence-corrected chi connectivity index (χ0v) is 13.1. The van der Waals surface area contributed by atoms with Crippen LogP contribution in [0.3, 0.4) is 0 Å². The number of ether oxygens (including phenoxy) is 1. The number of anilines is 1. The molecule has 1 aliphatic rings. The van der Waals surface area contributed by atoms with E-state index < -0.39 is 0 Å². The van der Waals surface area contributed by atoms with E-state index in [0.29, 0.717) is 6.04 Å². The molecule has 3 nitrogen and oxygen atoms in total. The summed E-state index contributed by atoms with van der Waals surface area (Å²) in [5.41, 5.74) is 2.79. The molecule has 0 bridgehead atoms. The molecule has 0 amide bonds. The van der Waals surface area contributed by atoms with Crippen LogP contribution in [0.2, 0.25) is 0 Å². The van der Waals surface area contributed by atoms with Gasteiger partial charge in [-0.15, -0.1) is 0 Å². The van der Waals surface area contributed by atoms with Crippen LogP contribution in [-0.4, -0.2) is 32.8 Å². The highest BCUT2D eigenvalue weighted by Crippen LogP contribution is 2.30. The summed E-state index contributed by atoms with van der Waals surface area (Å²) in [6.07, 6.45) is 2.60. The fraction of sp³-hybridized carbons (Fsp3) is 0.647. The Balaban J connectivity index is 2.03. The summed E-state index contributed by atoms with van der Waals surface area (Å²) in [5.74, 6) is 0.855. The molecule has 3 heteroatoms. The van der Waals surface area contributed by atoms with E-state index in [9.17, 15) is 0 Å². The third kappa shape index (κ3) is 3.97. The summed E-state index contributed by atoms with van der Waals surface area (Å²) in [4.78, 5) is 2.58. The van der Waals surface area contributed by atoms with E-state index in [0.717, 1.165) is 25.6 Å². The Morgan fingerprint density at radius 3 is 2.85 bits per heavy atom. The number of nitrogens with one attached hydrogen (secondary N) is 1. The normalized spacial score (nSPS) is 23.1. The molecule has 0 aromatic heterocycles. The molecule has 1 fully saturated rings. The van der Waals surface area contributed by atoms with Crippen LogP contribution in [0.5, 0.6) is 0 Å². The summed E-state index contributed by atoms with van der Waals surface area (Å²) >= 11 is 0. The van der Waals surface area contributed by atoms with Crippen LogP contribution >= 0.6 is 0 Å². The number of para-hydroxylation sites is 1. The van der Waals surface area contributed by atoms with E-state index in [1.807, 2.05) is 0 Å². The van der Waals surface area contributed by atoms with E-state index in [-0.39, 0.29) is 0 Å². The Morgan fingerprint density at radius 2 is 2.10 bits per heavy atom. The Kier molecular flexibility index (Phi) is 5.86. The molecule has 2 rings (SSSR count). The highest BCUT2D eigenvalue weighted by Gasteiger charge is 2.24. The van der Waals surface area contributed by atoms with E-state index in [1.54, 1.807) is 7.11 Å². The van der Waals surface area contributed by atoms with Crippen LogP contribution in [0.15, 0.2) is 24.3 Å². The lowest BCUT2D eigenvalue weighted by Crippen LogP contribution is -2.41. The van der Waals surface area contributed by atoms with Crippen LogP contribution in [-0.2, 0) is 11.3 Å². The second-order valence-electron chi connectivity index (χ2n) is 5.97. The zero-order valence-electron chi connectivity index (χ0n) is 13.1. The van der Waals surface area contributed by atoms with Gasteiger partial charge in [0, 0.05) is 38.5 Å². The maximum Gasteiger partial charge on any atom is 0.0587 e. The molecule has 1 N–H and O–H groups in total. The molecule has 112 valence electrons. The van der Waals surface area contributed by atoms with Crippen molar-refractivity contribution in [2.75, 3.05) is 31.7 Å². The molecule has 2 atom stereocenters. The summed E-state index contributed by atoms with van der Waals surface area (Å²) in [6, 6.07) is 9.42. The van der Waals surface area contributed by atoms with Crippen LogP contribution in [0.25, 0.3) is 0 Å². The largest absolute Gasteiger partial charge is 0.383 e. The van der Waals surface area contributed by atoms with E-state index in [2.05, 4.69) is 48.3 Å². The Bertz CT molecular complexity index is 408. The molecular weight excluding hydrogens is 248 g/mol. The predicted octanol–water partition coefficient (Wildman–Crippen LogP) is 3.05. The van der Waals surface area contributed by atoms with E-state index in [1.165, 1.54) is 30.6 Å². The predicted molar refractivity (Wildman–Crippen MR) is 85.2 cm³/mol. The molecule has 1 heterocycles. The van der Waals surface area contributed by atoms with Gasteiger partial charge < -0.3 is 15.0 Å². The number of benzene rings is 1. The highest BCUT2D eigenvalue weighted by molar-refractivity contribution is 5.54. The van der Waals surface area contributed by atoms with Crippen molar-refractivity contribution >= 4 is 5.69 Å². The van der Waals surface area contributed by atoms with Gasteiger partial charge in [-0.1, -0.05) is 25.1 Å². The van der Waals surface area contributed by atoms with E-state index in [4.69, 9.17) is 4.74 Å². The van der Waals surface area contributed by atoms with Crippen molar-refractivity contribution < 1.29 is 4.74 Å². The first-order valence-corrected chi connectivity index (χ1v) is 7.76. The first-order valence-electron chi connectivity index (χ1n) is 7.76. The molecular formula is C17H28N2O.